The maximum atomic E-state index is 13.3. The minimum atomic E-state index is -0.339. The summed E-state index contributed by atoms with van der Waals surface area (Å²) in [7, 11) is 0. The van der Waals surface area contributed by atoms with E-state index in [0.717, 1.165) is 29.0 Å². The van der Waals surface area contributed by atoms with Crippen LogP contribution in [0.3, 0.4) is 0 Å². The van der Waals surface area contributed by atoms with Crippen LogP contribution in [-0.4, -0.2) is 33.7 Å². The Balaban J connectivity index is 1.45. The Kier molecular flexibility index (Phi) is 6.46. The molecule has 7 nitrogen and oxygen atoms in total. The summed E-state index contributed by atoms with van der Waals surface area (Å²) in [5.74, 6) is 1.06. The molecule has 178 valence electrons. The number of hydrogen-bond donors (Lipinski definition) is 0. The van der Waals surface area contributed by atoms with Crippen molar-refractivity contribution in [1.29, 1.82) is 0 Å². The molecule has 0 aliphatic carbocycles. The summed E-state index contributed by atoms with van der Waals surface area (Å²) in [6.45, 7) is 7.01. The predicted molar refractivity (Wildman–Crippen MR) is 139 cm³/mol. The Morgan fingerprint density at radius 1 is 1.06 bits per heavy atom. The summed E-state index contributed by atoms with van der Waals surface area (Å²) in [5.41, 5.74) is 2.37. The van der Waals surface area contributed by atoms with E-state index in [9.17, 15) is 9.59 Å². The maximum absolute atomic E-state index is 13.3. The minimum absolute atomic E-state index is 0.210. The molecule has 35 heavy (non-hydrogen) atoms. The van der Waals surface area contributed by atoms with Crippen molar-refractivity contribution in [3.05, 3.63) is 81.6 Å². The van der Waals surface area contributed by atoms with Crippen LogP contribution in [0.2, 0.25) is 0 Å². The molecule has 0 bridgehead atoms. The van der Waals surface area contributed by atoms with Gasteiger partial charge in [0.2, 0.25) is 4.96 Å². The second-order valence-corrected chi connectivity index (χ2v) is 9.37. The van der Waals surface area contributed by atoms with Crippen LogP contribution in [0.5, 0.6) is 5.75 Å². The fraction of sp³-hybridized carbons (Fsp3) is 0.259. The average Bonchev–Trinajstić information content (AvgIpc) is 3.51. The summed E-state index contributed by atoms with van der Waals surface area (Å²) in [5, 5.41) is 4.44. The van der Waals surface area contributed by atoms with E-state index in [0.29, 0.717) is 34.0 Å². The lowest BCUT2D eigenvalue weighted by molar-refractivity contribution is -0.112. The van der Waals surface area contributed by atoms with Crippen LogP contribution in [0.4, 0.5) is 5.69 Å². The number of carbonyl (C=O) groups excluding carboxylic acids is 1. The fourth-order valence-corrected chi connectivity index (χ4v) is 5.23. The molecule has 4 aromatic rings. The molecule has 0 radical (unpaired) electrons. The van der Waals surface area contributed by atoms with Gasteiger partial charge in [0, 0.05) is 17.7 Å². The van der Waals surface area contributed by atoms with E-state index in [4.69, 9.17) is 4.74 Å². The molecule has 2 aromatic heterocycles. The van der Waals surface area contributed by atoms with Gasteiger partial charge in [-0.3, -0.25) is 9.59 Å². The van der Waals surface area contributed by atoms with Gasteiger partial charge in [0.1, 0.15) is 10.3 Å². The molecule has 0 unspecified atom stereocenters. The molecule has 0 saturated carbocycles. The topological polar surface area (TPSA) is 76.8 Å². The highest BCUT2D eigenvalue weighted by Gasteiger charge is 2.33. The zero-order valence-corrected chi connectivity index (χ0v) is 20.4. The molecule has 3 heterocycles. The van der Waals surface area contributed by atoms with Crippen molar-refractivity contribution in [2.75, 3.05) is 18.1 Å². The number of amides is 1. The molecule has 0 fully saturated rings. The number of nitrogens with zero attached hydrogens (tertiary/aromatic N) is 4. The third-order valence-electron chi connectivity index (χ3n) is 6.00. The normalized spacial score (nSPS) is 14.5. The van der Waals surface area contributed by atoms with Gasteiger partial charge in [0.25, 0.3) is 11.5 Å². The number of hydrogen-bond acceptors (Lipinski definition) is 6. The second-order valence-electron chi connectivity index (χ2n) is 8.40. The third kappa shape index (κ3) is 4.25. The number of benzene rings is 2. The number of carbonyl (C=O) groups is 1. The van der Waals surface area contributed by atoms with Crippen LogP contribution < -0.4 is 19.7 Å². The van der Waals surface area contributed by atoms with Crippen molar-refractivity contribution < 1.29 is 9.53 Å². The summed E-state index contributed by atoms with van der Waals surface area (Å²) >= 11 is 1.19. The highest BCUT2D eigenvalue weighted by molar-refractivity contribution is 7.15. The molecule has 0 saturated heterocycles. The largest absolute Gasteiger partial charge is 0.494 e. The summed E-state index contributed by atoms with van der Waals surface area (Å²) in [6, 6.07) is 15.1. The first-order valence-corrected chi connectivity index (χ1v) is 12.6. The molecule has 8 heteroatoms. The molecule has 1 amide bonds. The second kappa shape index (κ2) is 9.84. The first kappa shape index (κ1) is 23.0. The first-order valence-electron chi connectivity index (χ1n) is 11.8. The number of unbranched alkanes of at least 4 members (excludes halogenated alkanes) is 3. The van der Waals surface area contributed by atoms with E-state index >= 15 is 0 Å². The van der Waals surface area contributed by atoms with Crippen LogP contribution in [-0.2, 0) is 4.79 Å². The van der Waals surface area contributed by atoms with E-state index in [1.807, 2.05) is 48.5 Å². The smallest absolute Gasteiger partial charge is 0.291 e. The standard InChI is InChI=1S/C27H26N4O3S/c1-3-5-6-9-17-34-19-14-12-18(13-15-19)24-28-27-31(29-24)26(33)23(35-27)22-20-10-7-8-11-21(20)30(16-4-2)25(22)32/h4,7-8,10-15H,2-3,5-6,9,16-17H2,1H3/b23-22-. The van der Waals surface area contributed by atoms with Crippen molar-refractivity contribution in [3.8, 4) is 17.1 Å². The lowest BCUT2D eigenvalue weighted by Crippen LogP contribution is -2.32. The van der Waals surface area contributed by atoms with Crippen molar-refractivity contribution >= 4 is 33.5 Å². The fourth-order valence-electron chi connectivity index (χ4n) is 4.24. The summed E-state index contributed by atoms with van der Waals surface area (Å²) in [6.07, 6.45) is 6.31. The third-order valence-corrected chi connectivity index (χ3v) is 7.03. The van der Waals surface area contributed by atoms with Gasteiger partial charge in [0.15, 0.2) is 5.82 Å². The number of anilines is 1. The predicted octanol–water partition coefficient (Wildman–Crippen LogP) is 4.23. The SMILES string of the molecule is C=CCN1C(=O)/C(=c2\sc3nc(-c4ccc(OCCCCCC)cc4)nn3c2=O)c2ccccc21. The number of rotatable bonds is 9. The Labute approximate surface area is 207 Å². The molecule has 5 rings (SSSR count). The van der Waals surface area contributed by atoms with Crippen LogP contribution in [0.15, 0.2) is 66.0 Å². The van der Waals surface area contributed by atoms with Gasteiger partial charge in [-0.05, 0) is 36.8 Å². The molecule has 0 spiro atoms. The molecule has 0 atom stereocenters. The van der Waals surface area contributed by atoms with Crippen molar-refractivity contribution in [1.82, 2.24) is 14.6 Å². The zero-order chi connectivity index (χ0) is 24.4. The van der Waals surface area contributed by atoms with Gasteiger partial charge in [-0.1, -0.05) is 61.8 Å². The number of para-hydroxylation sites is 1. The number of ether oxygens (including phenoxy) is 1. The van der Waals surface area contributed by atoms with Gasteiger partial charge in [-0.25, -0.2) is 0 Å². The maximum Gasteiger partial charge on any atom is 0.291 e. The Morgan fingerprint density at radius 3 is 2.60 bits per heavy atom. The van der Waals surface area contributed by atoms with E-state index in [-0.39, 0.29) is 11.5 Å². The van der Waals surface area contributed by atoms with Crippen molar-refractivity contribution in [3.63, 3.8) is 0 Å². The zero-order valence-electron chi connectivity index (χ0n) is 19.6. The van der Waals surface area contributed by atoms with E-state index < -0.39 is 0 Å². The van der Waals surface area contributed by atoms with Gasteiger partial charge in [0.05, 0.1) is 17.9 Å². The summed E-state index contributed by atoms with van der Waals surface area (Å²) in [4.78, 5) is 33.1. The highest BCUT2D eigenvalue weighted by atomic mass is 32.1. The average molecular weight is 487 g/mol. The van der Waals surface area contributed by atoms with Gasteiger partial charge in [-0.2, -0.15) is 9.50 Å². The Bertz CT molecular complexity index is 1500. The number of aromatic nitrogens is 3. The molecule has 2 aromatic carbocycles. The van der Waals surface area contributed by atoms with E-state index in [1.165, 1.54) is 35.1 Å². The number of thiazole rings is 1. The van der Waals surface area contributed by atoms with Crippen molar-refractivity contribution in [2.45, 2.75) is 32.6 Å². The Hall–Kier alpha value is -3.78. The minimum Gasteiger partial charge on any atom is -0.494 e. The van der Waals surface area contributed by atoms with Crippen LogP contribution in [0, 0.1) is 0 Å². The van der Waals surface area contributed by atoms with Crippen LogP contribution >= 0.6 is 11.3 Å². The van der Waals surface area contributed by atoms with E-state index in [1.54, 1.807) is 11.0 Å². The van der Waals surface area contributed by atoms with Crippen LogP contribution in [0.25, 0.3) is 21.9 Å². The molecule has 1 aliphatic rings. The molecule has 1 aliphatic heterocycles. The molecule has 0 N–H and O–H groups in total. The van der Waals surface area contributed by atoms with Gasteiger partial charge in [-0.15, -0.1) is 11.7 Å². The first-order chi connectivity index (χ1) is 17.1. The number of fused-ring (bicyclic) bond motifs is 2. The highest BCUT2D eigenvalue weighted by Crippen LogP contribution is 2.35. The molecular weight excluding hydrogens is 460 g/mol. The van der Waals surface area contributed by atoms with Gasteiger partial charge < -0.3 is 9.64 Å². The van der Waals surface area contributed by atoms with E-state index in [2.05, 4.69) is 23.6 Å². The lowest BCUT2D eigenvalue weighted by Gasteiger charge is -2.13. The van der Waals surface area contributed by atoms with Crippen LogP contribution in [0.1, 0.15) is 38.2 Å². The quantitative estimate of drug-likeness (QED) is 0.261. The summed E-state index contributed by atoms with van der Waals surface area (Å²) < 4.78 is 7.44. The lowest BCUT2D eigenvalue weighted by atomic mass is 10.1. The van der Waals surface area contributed by atoms with Crippen molar-refractivity contribution in [2.24, 2.45) is 0 Å². The van der Waals surface area contributed by atoms with Gasteiger partial charge >= 0.3 is 0 Å². The Morgan fingerprint density at radius 2 is 1.86 bits per heavy atom. The monoisotopic (exact) mass is 486 g/mol. The molecular formula is C27H26N4O3S.